The van der Waals surface area contributed by atoms with Crippen LogP contribution in [-0.2, 0) is 15.3 Å². The van der Waals surface area contributed by atoms with E-state index in [1.807, 2.05) is 42.5 Å². The van der Waals surface area contributed by atoms with Crippen LogP contribution in [0.5, 0.6) is 0 Å². The van der Waals surface area contributed by atoms with Gasteiger partial charge in [0.2, 0.25) is 0 Å². The first-order valence-corrected chi connectivity index (χ1v) is 8.83. The first kappa shape index (κ1) is 14.2. The van der Waals surface area contributed by atoms with Crippen molar-refractivity contribution in [3.8, 4) is 5.69 Å². The number of para-hydroxylation sites is 2. The second kappa shape index (κ2) is 4.59. The lowest BCUT2D eigenvalue weighted by Crippen LogP contribution is -2.44. The van der Waals surface area contributed by atoms with Crippen molar-refractivity contribution in [3.63, 3.8) is 0 Å². The highest BCUT2D eigenvalue weighted by Crippen LogP contribution is 2.51. The van der Waals surface area contributed by atoms with Crippen LogP contribution in [0.25, 0.3) is 16.6 Å². The highest BCUT2D eigenvalue weighted by molar-refractivity contribution is 5.83. The topological polar surface area (TPSA) is 64.4 Å². The van der Waals surface area contributed by atoms with Crippen molar-refractivity contribution in [3.05, 3.63) is 70.3 Å². The third-order valence-electron chi connectivity index (χ3n) is 5.77. The number of rotatable bonds is 0. The average Bonchev–Trinajstić information content (AvgIpc) is 3.32. The van der Waals surface area contributed by atoms with Crippen LogP contribution in [0, 0.1) is 0 Å². The van der Waals surface area contributed by atoms with Gasteiger partial charge in [0, 0.05) is 12.1 Å². The van der Waals surface area contributed by atoms with Crippen molar-refractivity contribution >= 4 is 16.9 Å². The number of nitrogens with zero attached hydrogens (tertiary/aromatic N) is 3. The molecule has 0 aliphatic carbocycles. The van der Waals surface area contributed by atoms with Crippen LogP contribution in [-0.4, -0.2) is 33.0 Å². The van der Waals surface area contributed by atoms with E-state index in [0.717, 1.165) is 30.6 Å². The maximum atomic E-state index is 13.3. The summed E-state index contributed by atoms with van der Waals surface area (Å²) in [7, 11) is 0. The zero-order valence-corrected chi connectivity index (χ0v) is 13.9. The molecule has 26 heavy (non-hydrogen) atoms. The van der Waals surface area contributed by atoms with Gasteiger partial charge in [-0.25, -0.2) is 9.88 Å². The zero-order chi connectivity index (χ0) is 17.5. The van der Waals surface area contributed by atoms with Gasteiger partial charge in [-0.3, -0.25) is 14.2 Å². The number of benzene rings is 2. The Morgan fingerprint density at radius 2 is 1.88 bits per heavy atom. The number of hydrogen-bond donors (Lipinski definition) is 0. The lowest BCUT2D eigenvalue weighted by atomic mass is 10.0. The molecule has 4 heterocycles. The van der Waals surface area contributed by atoms with E-state index in [4.69, 9.17) is 9.72 Å². The summed E-state index contributed by atoms with van der Waals surface area (Å²) in [5, 5.41) is 0.561. The van der Waals surface area contributed by atoms with Gasteiger partial charge in [-0.2, -0.15) is 0 Å². The minimum Gasteiger partial charge on any atom is -0.430 e. The van der Waals surface area contributed by atoms with Crippen LogP contribution in [0.1, 0.15) is 24.2 Å². The Morgan fingerprint density at radius 3 is 2.81 bits per heavy atom. The predicted octanol–water partition coefficient (Wildman–Crippen LogP) is 1.92. The molecule has 3 aliphatic heterocycles. The Labute approximate surface area is 148 Å². The van der Waals surface area contributed by atoms with Gasteiger partial charge in [0.25, 0.3) is 11.3 Å². The molecule has 0 N–H and O–H groups in total. The van der Waals surface area contributed by atoms with Crippen molar-refractivity contribution < 1.29 is 9.53 Å². The Morgan fingerprint density at radius 1 is 1.08 bits per heavy atom. The molecule has 6 rings (SSSR count). The minimum absolute atomic E-state index is 0.131. The molecule has 0 radical (unpaired) electrons. The molecule has 0 unspecified atom stereocenters. The molecule has 2 saturated heterocycles. The number of aromatic nitrogens is 2. The first-order valence-electron chi connectivity index (χ1n) is 8.83. The number of carbonyl (C=O) groups excluding carboxylic acids is 1. The van der Waals surface area contributed by atoms with E-state index < -0.39 is 5.72 Å². The Hall–Kier alpha value is -2.99. The number of esters is 1. The van der Waals surface area contributed by atoms with Crippen LogP contribution >= 0.6 is 0 Å². The lowest BCUT2D eigenvalue weighted by Gasteiger charge is -2.31. The van der Waals surface area contributed by atoms with Crippen LogP contribution in [0.4, 0.5) is 0 Å². The zero-order valence-electron chi connectivity index (χ0n) is 13.9. The molecule has 0 amide bonds. The number of ether oxygens (including phenoxy) is 1. The SMILES string of the molecule is O=C1O[C@]2(c3ccccc3-n3c2nc2ccccc2c3=O)N2CCC[C@@H]12. The lowest BCUT2D eigenvalue weighted by molar-refractivity contribution is -0.151. The van der Waals surface area contributed by atoms with Crippen molar-refractivity contribution in [2.24, 2.45) is 0 Å². The van der Waals surface area contributed by atoms with Gasteiger partial charge in [0.15, 0.2) is 5.82 Å². The Kier molecular flexibility index (Phi) is 2.51. The van der Waals surface area contributed by atoms with E-state index in [9.17, 15) is 9.59 Å². The van der Waals surface area contributed by atoms with Gasteiger partial charge in [-0.05, 0) is 31.0 Å². The van der Waals surface area contributed by atoms with Gasteiger partial charge in [0.05, 0.1) is 16.6 Å². The summed E-state index contributed by atoms with van der Waals surface area (Å²) < 4.78 is 7.62. The highest BCUT2D eigenvalue weighted by atomic mass is 16.6. The molecule has 0 bridgehead atoms. The molecule has 3 aliphatic rings. The molecule has 1 aromatic heterocycles. The summed E-state index contributed by atoms with van der Waals surface area (Å²) in [5.74, 6) is 0.258. The van der Waals surface area contributed by atoms with Crippen LogP contribution in [0.15, 0.2) is 53.3 Å². The third-order valence-corrected chi connectivity index (χ3v) is 5.77. The van der Waals surface area contributed by atoms with E-state index >= 15 is 0 Å². The van der Waals surface area contributed by atoms with Crippen LogP contribution < -0.4 is 5.56 Å². The van der Waals surface area contributed by atoms with Crippen LogP contribution in [0.3, 0.4) is 0 Å². The predicted molar refractivity (Wildman–Crippen MR) is 93.9 cm³/mol. The number of fused-ring (bicyclic) bond motifs is 8. The second-order valence-electron chi connectivity index (χ2n) is 7.03. The molecule has 1 spiro atoms. The molecule has 6 nitrogen and oxygen atoms in total. The standard InChI is InChI=1S/C20H15N3O3/c24-17-12-6-1-3-8-14(12)21-19-20(13-7-2-4-9-15(13)23(17)19)22-11-5-10-16(22)18(25)26-20/h1-4,6-9,16H,5,10-11H2/t16-,20-/m0/s1. The normalized spacial score (nSPS) is 26.2. The molecule has 2 fully saturated rings. The van der Waals surface area contributed by atoms with Gasteiger partial charge in [-0.1, -0.05) is 30.3 Å². The van der Waals surface area contributed by atoms with Gasteiger partial charge in [-0.15, -0.1) is 0 Å². The molecular formula is C20H15N3O3. The molecule has 2 atom stereocenters. The maximum Gasteiger partial charge on any atom is 0.325 e. The van der Waals surface area contributed by atoms with Crippen molar-refractivity contribution in [2.75, 3.05) is 6.54 Å². The molecule has 3 aromatic rings. The van der Waals surface area contributed by atoms with E-state index in [0.29, 0.717) is 16.7 Å². The quantitative estimate of drug-likeness (QED) is 0.583. The number of carbonyl (C=O) groups is 1. The van der Waals surface area contributed by atoms with E-state index in [1.54, 1.807) is 10.6 Å². The Bertz CT molecular complexity index is 1170. The number of hydrogen-bond acceptors (Lipinski definition) is 5. The molecular weight excluding hydrogens is 330 g/mol. The summed E-state index contributed by atoms with van der Waals surface area (Å²) in [4.78, 5) is 32.7. The summed E-state index contributed by atoms with van der Waals surface area (Å²) in [6, 6.07) is 14.7. The van der Waals surface area contributed by atoms with Crippen molar-refractivity contribution in [1.82, 2.24) is 14.5 Å². The molecule has 128 valence electrons. The summed E-state index contributed by atoms with van der Waals surface area (Å²) in [6.07, 6.45) is 1.71. The smallest absolute Gasteiger partial charge is 0.325 e. The van der Waals surface area contributed by atoms with Crippen molar-refractivity contribution in [2.45, 2.75) is 24.6 Å². The van der Waals surface area contributed by atoms with E-state index in [1.165, 1.54) is 0 Å². The molecule has 0 saturated carbocycles. The van der Waals surface area contributed by atoms with Gasteiger partial charge < -0.3 is 4.74 Å². The monoisotopic (exact) mass is 345 g/mol. The van der Waals surface area contributed by atoms with Crippen molar-refractivity contribution in [1.29, 1.82) is 0 Å². The summed E-state index contributed by atoms with van der Waals surface area (Å²) in [6.45, 7) is 0.743. The minimum atomic E-state index is -1.10. The third kappa shape index (κ3) is 1.46. The summed E-state index contributed by atoms with van der Waals surface area (Å²) >= 11 is 0. The Balaban J connectivity index is 1.78. The van der Waals surface area contributed by atoms with E-state index in [2.05, 4.69) is 4.90 Å². The molecule has 2 aromatic carbocycles. The maximum absolute atomic E-state index is 13.3. The highest BCUT2D eigenvalue weighted by Gasteiger charge is 2.63. The van der Waals surface area contributed by atoms with Crippen LogP contribution in [0.2, 0.25) is 0 Å². The fraction of sp³-hybridized carbons (Fsp3) is 0.250. The van der Waals surface area contributed by atoms with E-state index in [-0.39, 0.29) is 17.6 Å². The first-order chi connectivity index (χ1) is 12.7. The molecule has 6 heteroatoms. The largest absolute Gasteiger partial charge is 0.430 e. The fourth-order valence-corrected chi connectivity index (χ4v) is 4.70. The second-order valence-corrected chi connectivity index (χ2v) is 7.03. The van der Waals surface area contributed by atoms with Gasteiger partial charge >= 0.3 is 5.97 Å². The van der Waals surface area contributed by atoms with Gasteiger partial charge in [0.1, 0.15) is 6.04 Å². The average molecular weight is 345 g/mol. The fourth-order valence-electron chi connectivity index (χ4n) is 4.70. The summed E-state index contributed by atoms with van der Waals surface area (Å²) in [5.41, 5.74) is 0.949.